The molecule has 0 aromatic heterocycles. The summed E-state index contributed by atoms with van der Waals surface area (Å²) in [5.74, 6) is -0.293. The number of nitrogens with two attached hydrogens (primary N) is 1. The van der Waals surface area contributed by atoms with Gasteiger partial charge in [-0.3, -0.25) is 9.59 Å². The summed E-state index contributed by atoms with van der Waals surface area (Å²) in [7, 11) is 0. The number of benzene rings is 1. The van der Waals surface area contributed by atoms with Crippen LogP contribution in [0.4, 0.5) is 5.69 Å². The summed E-state index contributed by atoms with van der Waals surface area (Å²) >= 11 is 0. The summed E-state index contributed by atoms with van der Waals surface area (Å²) in [5, 5.41) is 5.43. The van der Waals surface area contributed by atoms with Gasteiger partial charge in [0, 0.05) is 30.3 Å². The lowest BCUT2D eigenvalue weighted by Gasteiger charge is -2.10. The van der Waals surface area contributed by atoms with E-state index >= 15 is 0 Å². The van der Waals surface area contributed by atoms with Gasteiger partial charge in [-0.05, 0) is 30.7 Å². The third-order valence-electron chi connectivity index (χ3n) is 2.81. The molecule has 1 aromatic carbocycles. The standard InChI is InChI=1S/C15H21N3O2/c1-3-9-17-15(20)11-5-7-13(8-6-11)18-14(19)10-12(16)4-2/h3,5-8,12H,1,4,9-10,16H2,2H3,(H,17,20)(H,18,19). The van der Waals surface area contributed by atoms with E-state index in [9.17, 15) is 9.59 Å². The SMILES string of the molecule is C=CCNC(=O)c1ccc(NC(=O)CC(N)CC)cc1. The van der Waals surface area contributed by atoms with Crippen molar-refractivity contribution in [1.82, 2.24) is 5.32 Å². The number of amides is 2. The molecule has 0 heterocycles. The Hall–Kier alpha value is -2.14. The fourth-order valence-corrected chi connectivity index (χ4v) is 1.57. The van der Waals surface area contributed by atoms with Crippen LogP contribution in [0.5, 0.6) is 0 Å². The van der Waals surface area contributed by atoms with Crippen molar-refractivity contribution in [1.29, 1.82) is 0 Å². The van der Waals surface area contributed by atoms with Gasteiger partial charge < -0.3 is 16.4 Å². The Morgan fingerprint density at radius 3 is 2.55 bits per heavy atom. The lowest BCUT2D eigenvalue weighted by atomic mass is 10.1. The second-order valence-corrected chi connectivity index (χ2v) is 4.50. The van der Waals surface area contributed by atoms with Crippen LogP contribution < -0.4 is 16.4 Å². The molecule has 0 spiro atoms. The molecule has 1 rings (SSSR count). The molecule has 1 atom stereocenters. The highest BCUT2D eigenvalue weighted by Gasteiger charge is 2.08. The van der Waals surface area contributed by atoms with Crippen LogP contribution in [0.15, 0.2) is 36.9 Å². The number of carbonyl (C=O) groups excluding carboxylic acids is 2. The summed E-state index contributed by atoms with van der Waals surface area (Å²) < 4.78 is 0. The number of carbonyl (C=O) groups is 2. The topological polar surface area (TPSA) is 84.2 Å². The van der Waals surface area contributed by atoms with E-state index in [4.69, 9.17) is 5.73 Å². The van der Waals surface area contributed by atoms with Crippen LogP contribution in [0.25, 0.3) is 0 Å². The van der Waals surface area contributed by atoms with Gasteiger partial charge in [-0.1, -0.05) is 13.0 Å². The number of rotatable bonds is 7. The minimum atomic E-state index is -0.171. The highest BCUT2D eigenvalue weighted by Crippen LogP contribution is 2.10. The fraction of sp³-hybridized carbons (Fsp3) is 0.333. The van der Waals surface area contributed by atoms with Crippen LogP contribution >= 0.6 is 0 Å². The van der Waals surface area contributed by atoms with E-state index in [1.165, 1.54) is 0 Å². The van der Waals surface area contributed by atoms with Gasteiger partial charge in [-0.2, -0.15) is 0 Å². The summed E-state index contributed by atoms with van der Waals surface area (Å²) in [4.78, 5) is 23.3. The second kappa shape index (κ2) is 8.12. The van der Waals surface area contributed by atoms with Crippen LogP contribution in [-0.2, 0) is 4.79 Å². The molecule has 4 N–H and O–H groups in total. The molecule has 108 valence electrons. The smallest absolute Gasteiger partial charge is 0.251 e. The normalized spacial score (nSPS) is 11.5. The van der Waals surface area contributed by atoms with Crippen molar-refractivity contribution in [2.24, 2.45) is 5.73 Å². The average molecular weight is 275 g/mol. The second-order valence-electron chi connectivity index (χ2n) is 4.50. The van der Waals surface area contributed by atoms with Gasteiger partial charge in [0.05, 0.1) is 0 Å². The maximum absolute atomic E-state index is 11.7. The minimum Gasteiger partial charge on any atom is -0.349 e. The lowest BCUT2D eigenvalue weighted by molar-refractivity contribution is -0.116. The molecule has 1 unspecified atom stereocenters. The van der Waals surface area contributed by atoms with Gasteiger partial charge in [0.1, 0.15) is 0 Å². The summed E-state index contributed by atoms with van der Waals surface area (Å²) in [6.07, 6.45) is 2.66. The molecule has 0 saturated heterocycles. The van der Waals surface area contributed by atoms with Gasteiger partial charge >= 0.3 is 0 Å². The Balaban J connectivity index is 2.56. The predicted octanol–water partition coefficient (Wildman–Crippen LogP) is 1.67. The molecule has 0 bridgehead atoms. The highest BCUT2D eigenvalue weighted by atomic mass is 16.2. The van der Waals surface area contributed by atoms with Crippen molar-refractivity contribution >= 4 is 17.5 Å². The Bertz CT molecular complexity index is 469. The van der Waals surface area contributed by atoms with Gasteiger partial charge in [0.25, 0.3) is 5.91 Å². The fourth-order valence-electron chi connectivity index (χ4n) is 1.57. The van der Waals surface area contributed by atoms with Crippen molar-refractivity contribution in [3.8, 4) is 0 Å². The van der Waals surface area contributed by atoms with Gasteiger partial charge in [0.2, 0.25) is 5.91 Å². The first kappa shape index (κ1) is 15.9. The Labute approximate surface area is 119 Å². The van der Waals surface area contributed by atoms with E-state index in [0.717, 1.165) is 6.42 Å². The van der Waals surface area contributed by atoms with Gasteiger partial charge in [-0.25, -0.2) is 0 Å². The number of hydrogen-bond acceptors (Lipinski definition) is 3. The minimum absolute atomic E-state index is 0.122. The summed E-state index contributed by atoms with van der Waals surface area (Å²) in [6.45, 7) is 5.89. The largest absolute Gasteiger partial charge is 0.349 e. The molecule has 0 aliphatic carbocycles. The average Bonchev–Trinajstić information content (AvgIpc) is 2.45. The van der Waals surface area contributed by atoms with Crippen molar-refractivity contribution in [2.75, 3.05) is 11.9 Å². The number of nitrogens with one attached hydrogen (secondary N) is 2. The molecule has 2 amide bonds. The molecule has 20 heavy (non-hydrogen) atoms. The van der Waals surface area contributed by atoms with E-state index in [2.05, 4.69) is 17.2 Å². The van der Waals surface area contributed by atoms with E-state index < -0.39 is 0 Å². The molecule has 1 aromatic rings. The molecule has 0 radical (unpaired) electrons. The Kier molecular flexibility index (Phi) is 6.46. The number of anilines is 1. The number of hydrogen-bond donors (Lipinski definition) is 3. The zero-order chi connectivity index (χ0) is 15.0. The van der Waals surface area contributed by atoms with Crippen LogP contribution in [0.3, 0.4) is 0 Å². The van der Waals surface area contributed by atoms with Crippen LogP contribution in [-0.4, -0.2) is 24.4 Å². The quantitative estimate of drug-likeness (QED) is 0.662. The first-order chi connectivity index (χ1) is 9.56. The van der Waals surface area contributed by atoms with Crippen LogP contribution in [0.2, 0.25) is 0 Å². The third-order valence-corrected chi connectivity index (χ3v) is 2.81. The zero-order valence-corrected chi connectivity index (χ0v) is 11.7. The van der Waals surface area contributed by atoms with Crippen molar-refractivity contribution in [2.45, 2.75) is 25.8 Å². The van der Waals surface area contributed by atoms with E-state index in [0.29, 0.717) is 17.8 Å². The summed E-state index contributed by atoms with van der Waals surface area (Å²) in [5.41, 5.74) is 6.90. The molecule has 0 fully saturated rings. The molecular formula is C15H21N3O2. The molecule has 5 heteroatoms. The van der Waals surface area contributed by atoms with Crippen LogP contribution in [0, 0.1) is 0 Å². The molecule has 0 saturated carbocycles. The van der Waals surface area contributed by atoms with E-state index in [1.54, 1.807) is 30.3 Å². The zero-order valence-electron chi connectivity index (χ0n) is 11.7. The molecular weight excluding hydrogens is 254 g/mol. The third kappa shape index (κ3) is 5.24. The first-order valence-corrected chi connectivity index (χ1v) is 6.61. The monoisotopic (exact) mass is 275 g/mol. The van der Waals surface area contributed by atoms with E-state index in [1.807, 2.05) is 6.92 Å². The van der Waals surface area contributed by atoms with Crippen molar-refractivity contribution in [3.05, 3.63) is 42.5 Å². The molecule has 5 nitrogen and oxygen atoms in total. The van der Waals surface area contributed by atoms with Gasteiger partial charge in [-0.15, -0.1) is 6.58 Å². The maximum Gasteiger partial charge on any atom is 0.251 e. The molecule has 0 aliphatic rings. The van der Waals surface area contributed by atoms with E-state index in [-0.39, 0.29) is 24.3 Å². The Morgan fingerprint density at radius 2 is 2.00 bits per heavy atom. The highest BCUT2D eigenvalue weighted by molar-refractivity contribution is 5.95. The van der Waals surface area contributed by atoms with Gasteiger partial charge in [0.15, 0.2) is 0 Å². The predicted molar refractivity (Wildman–Crippen MR) is 80.5 cm³/mol. The first-order valence-electron chi connectivity index (χ1n) is 6.61. The molecule has 0 aliphatic heterocycles. The van der Waals surface area contributed by atoms with Crippen molar-refractivity contribution < 1.29 is 9.59 Å². The van der Waals surface area contributed by atoms with Crippen LogP contribution in [0.1, 0.15) is 30.1 Å². The maximum atomic E-state index is 11.7. The lowest BCUT2D eigenvalue weighted by Crippen LogP contribution is -2.26. The summed E-state index contributed by atoms with van der Waals surface area (Å²) in [6, 6.07) is 6.58. The van der Waals surface area contributed by atoms with Crippen molar-refractivity contribution in [3.63, 3.8) is 0 Å². The Morgan fingerprint density at radius 1 is 1.35 bits per heavy atom.